The van der Waals surface area contributed by atoms with Gasteiger partial charge in [-0.05, 0) is 50.1 Å². The van der Waals surface area contributed by atoms with Gasteiger partial charge in [-0.1, -0.05) is 43.7 Å². The first-order chi connectivity index (χ1) is 15.8. The zero-order valence-corrected chi connectivity index (χ0v) is 19.4. The number of aliphatic imine (C=N–C) groups is 2. The van der Waals surface area contributed by atoms with Crippen LogP contribution in [0.5, 0.6) is 0 Å². The Balaban J connectivity index is 1.61. The van der Waals surface area contributed by atoms with Crippen LogP contribution >= 0.6 is 0 Å². The van der Waals surface area contributed by atoms with Crippen LogP contribution in [0.25, 0.3) is 0 Å². The van der Waals surface area contributed by atoms with E-state index in [9.17, 15) is 18.0 Å². The molecule has 1 unspecified atom stereocenters. The second-order valence-electron chi connectivity index (χ2n) is 8.17. The largest absolute Gasteiger partial charge is 0.369 e. The Hall–Kier alpha value is -3.17. The second-order valence-corrected chi connectivity index (χ2v) is 10.0. The topological polar surface area (TPSA) is 108 Å². The highest BCUT2D eigenvalue weighted by Gasteiger charge is 2.36. The molecule has 4 rings (SSSR count). The van der Waals surface area contributed by atoms with Crippen LogP contribution in [0.1, 0.15) is 37.8 Å². The molecular formula is C24H26N4O4S. The van der Waals surface area contributed by atoms with Crippen LogP contribution < -0.4 is 10.2 Å². The van der Waals surface area contributed by atoms with Gasteiger partial charge in [0.25, 0.3) is 0 Å². The van der Waals surface area contributed by atoms with Gasteiger partial charge in [0.1, 0.15) is 5.71 Å². The molecule has 172 valence electrons. The minimum absolute atomic E-state index is 0.0286. The summed E-state index contributed by atoms with van der Waals surface area (Å²) in [5.74, 6) is -0.0442. The fraction of sp³-hybridized carbons (Fsp3) is 0.333. The lowest BCUT2D eigenvalue weighted by Crippen LogP contribution is -2.41. The molecule has 1 atom stereocenters. The minimum Gasteiger partial charge on any atom is -0.308 e. The van der Waals surface area contributed by atoms with Gasteiger partial charge in [0, 0.05) is 17.3 Å². The molecular weight excluding hydrogens is 440 g/mol. The number of amides is 3. The zero-order valence-electron chi connectivity index (χ0n) is 18.6. The Kier molecular flexibility index (Phi) is 6.53. The van der Waals surface area contributed by atoms with Crippen molar-refractivity contribution in [3.8, 4) is 0 Å². The summed E-state index contributed by atoms with van der Waals surface area (Å²) in [7, 11) is -4.08. The molecule has 0 saturated carbocycles. The van der Waals surface area contributed by atoms with Gasteiger partial charge in [-0.15, -0.1) is 0 Å². The fourth-order valence-corrected chi connectivity index (χ4v) is 5.51. The summed E-state index contributed by atoms with van der Waals surface area (Å²) in [4.78, 5) is 34.0. The average Bonchev–Trinajstić information content (AvgIpc) is 3.36. The lowest BCUT2D eigenvalue weighted by atomic mass is 10.1. The Labute approximate surface area is 193 Å². The van der Waals surface area contributed by atoms with Gasteiger partial charge < -0.3 is 10.2 Å². The number of unbranched alkanes of at least 4 members (excludes halogenated alkanes) is 1. The van der Waals surface area contributed by atoms with Crippen LogP contribution in [-0.4, -0.2) is 50.2 Å². The first-order valence-electron chi connectivity index (χ1n) is 11.0. The third kappa shape index (κ3) is 4.51. The van der Waals surface area contributed by atoms with Crippen molar-refractivity contribution in [1.82, 2.24) is 5.32 Å². The van der Waals surface area contributed by atoms with Crippen molar-refractivity contribution in [2.45, 2.75) is 44.0 Å². The molecule has 0 bridgehead atoms. The lowest BCUT2D eigenvalue weighted by molar-refractivity contribution is -0.118. The number of benzene rings is 2. The summed E-state index contributed by atoms with van der Waals surface area (Å²) in [6.07, 6.45) is 2.60. The van der Waals surface area contributed by atoms with Crippen molar-refractivity contribution in [3.63, 3.8) is 0 Å². The molecule has 0 radical (unpaired) electrons. The molecule has 3 amide bonds. The molecule has 2 aliphatic heterocycles. The Morgan fingerprint density at radius 1 is 1.15 bits per heavy atom. The molecule has 0 aliphatic carbocycles. The number of rotatable bonds is 7. The molecule has 33 heavy (non-hydrogen) atoms. The number of anilines is 1. The minimum atomic E-state index is -4.08. The van der Waals surface area contributed by atoms with E-state index < -0.39 is 15.9 Å². The summed E-state index contributed by atoms with van der Waals surface area (Å²) in [5.41, 5.74) is 2.04. The van der Waals surface area contributed by atoms with E-state index >= 15 is 0 Å². The van der Waals surface area contributed by atoms with Crippen molar-refractivity contribution < 1.29 is 18.0 Å². The number of fused-ring (bicyclic) bond motifs is 1. The van der Waals surface area contributed by atoms with E-state index in [0.717, 1.165) is 24.9 Å². The Morgan fingerprint density at radius 2 is 1.91 bits per heavy atom. The molecule has 2 aliphatic rings. The van der Waals surface area contributed by atoms with E-state index in [0.29, 0.717) is 17.7 Å². The van der Waals surface area contributed by atoms with Crippen LogP contribution in [0.2, 0.25) is 0 Å². The molecule has 0 saturated heterocycles. The van der Waals surface area contributed by atoms with E-state index in [2.05, 4.69) is 22.2 Å². The standard InChI is InChI=1S/C24H26N4O4S/c1-3-4-12-25-15-21(29)28-16(2)13-18-14-19(10-11-20(18)28)33(31,32)23-22(26-24(30)27-23)17-8-6-5-7-9-17/h5-11,14,16,25H,3-4,12-13,15H2,1-2H3. The van der Waals surface area contributed by atoms with E-state index in [1.54, 1.807) is 47.4 Å². The maximum atomic E-state index is 13.4. The zero-order chi connectivity index (χ0) is 23.6. The third-order valence-electron chi connectivity index (χ3n) is 5.74. The average molecular weight is 467 g/mol. The van der Waals surface area contributed by atoms with E-state index in [4.69, 9.17) is 0 Å². The Morgan fingerprint density at radius 3 is 2.64 bits per heavy atom. The molecule has 2 heterocycles. The smallest absolute Gasteiger partial charge is 0.308 e. The summed E-state index contributed by atoms with van der Waals surface area (Å²) >= 11 is 0. The van der Waals surface area contributed by atoms with Gasteiger partial charge in [-0.3, -0.25) is 4.79 Å². The fourth-order valence-electron chi connectivity index (χ4n) is 4.13. The maximum Gasteiger partial charge on any atom is 0.369 e. The highest BCUT2D eigenvalue weighted by Crippen LogP contribution is 2.34. The highest BCUT2D eigenvalue weighted by atomic mass is 32.2. The first kappa shape index (κ1) is 23.0. The summed E-state index contributed by atoms with van der Waals surface area (Å²) in [5, 5.41) is 2.81. The van der Waals surface area contributed by atoms with Crippen molar-refractivity contribution in [2.24, 2.45) is 9.98 Å². The molecule has 0 aromatic heterocycles. The molecule has 9 heteroatoms. The number of nitrogens with one attached hydrogen (secondary N) is 1. The van der Waals surface area contributed by atoms with Gasteiger partial charge >= 0.3 is 6.03 Å². The molecule has 8 nitrogen and oxygen atoms in total. The third-order valence-corrected chi connectivity index (χ3v) is 7.41. The van der Waals surface area contributed by atoms with Crippen molar-refractivity contribution in [3.05, 3.63) is 59.7 Å². The number of carbonyl (C=O) groups is 2. The highest BCUT2D eigenvalue weighted by molar-refractivity contribution is 8.08. The predicted molar refractivity (Wildman–Crippen MR) is 128 cm³/mol. The summed E-state index contributed by atoms with van der Waals surface area (Å²) in [6, 6.07) is 12.4. The van der Waals surface area contributed by atoms with Crippen LogP contribution in [0, 0.1) is 0 Å². The van der Waals surface area contributed by atoms with Crippen LogP contribution in [0.4, 0.5) is 10.5 Å². The lowest BCUT2D eigenvalue weighted by Gasteiger charge is -2.23. The maximum absolute atomic E-state index is 13.4. The number of hydrogen-bond donors (Lipinski definition) is 1. The van der Waals surface area contributed by atoms with Crippen LogP contribution in [-0.2, 0) is 21.1 Å². The Bertz CT molecular complexity index is 1250. The number of urea groups is 1. The van der Waals surface area contributed by atoms with E-state index in [-0.39, 0.29) is 34.1 Å². The van der Waals surface area contributed by atoms with Crippen LogP contribution in [0.3, 0.4) is 0 Å². The number of sulfone groups is 1. The van der Waals surface area contributed by atoms with E-state index in [1.807, 2.05) is 6.92 Å². The van der Waals surface area contributed by atoms with Crippen LogP contribution in [0.15, 0.2) is 63.4 Å². The van der Waals surface area contributed by atoms with Crippen molar-refractivity contribution in [2.75, 3.05) is 18.0 Å². The first-order valence-corrected chi connectivity index (χ1v) is 12.5. The molecule has 0 spiro atoms. The second kappa shape index (κ2) is 9.36. The van der Waals surface area contributed by atoms with Crippen molar-refractivity contribution >= 4 is 38.2 Å². The molecule has 1 N–H and O–H groups in total. The summed E-state index contributed by atoms with van der Waals surface area (Å²) < 4.78 is 26.8. The van der Waals surface area contributed by atoms with Gasteiger partial charge in [0.2, 0.25) is 15.7 Å². The monoisotopic (exact) mass is 466 g/mol. The van der Waals surface area contributed by atoms with Crippen molar-refractivity contribution in [1.29, 1.82) is 0 Å². The number of nitrogens with zero attached hydrogens (tertiary/aromatic N) is 3. The number of hydrogen-bond acceptors (Lipinski definition) is 5. The quantitative estimate of drug-likeness (QED) is 0.631. The van der Waals surface area contributed by atoms with Gasteiger partial charge in [0.05, 0.1) is 11.4 Å². The predicted octanol–water partition coefficient (Wildman–Crippen LogP) is 3.15. The normalized spacial score (nSPS) is 17.7. The number of carbonyl (C=O) groups excluding carboxylic acids is 2. The molecule has 0 fully saturated rings. The molecule has 2 aromatic carbocycles. The van der Waals surface area contributed by atoms with Gasteiger partial charge in [-0.25, -0.2) is 13.2 Å². The van der Waals surface area contributed by atoms with E-state index in [1.165, 1.54) is 6.07 Å². The SMILES string of the molecule is CCCCNCC(=O)N1c2ccc(S(=O)(=O)C3=NC(=O)N=C3c3ccccc3)cc2CC1C. The van der Waals surface area contributed by atoms with Gasteiger partial charge in [-0.2, -0.15) is 9.98 Å². The molecule has 2 aromatic rings. The van der Waals surface area contributed by atoms with Gasteiger partial charge in [0.15, 0.2) is 5.04 Å². The summed E-state index contributed by atoms with van der Waals surface area (Å²) in [6.45, 7) is 5.05.